The van der Waals surface area contributed by atoms with Crippen molar-refractivity contribution in [2.24, 2.45) is 0 Å². The maximum Gasteiger partial charge on any atom is 0.347 e. The van der Waals surface area contributed by atoms with Crippen molar-refractivity contribution in [3.8, 4) is 0 Å². The molecule has 0 spiro atoms. The van der Waals surface area contributed by atoms with Crippen LogP contribution in [0.4, 0.5) is 0 Å². The second-order valence-corrected chi connectivity index (χ2v) is 5.54. The largest absolute Gasteiger partial charge is 0.389 e. The summed E-state index contributed by atoms with van der Waals surface area (Å²) in [6.07, 6.45) is 3.97. The lowest BCUT2D eigenvalue weighted by molar-refractivity contribution is -0.138. The lowest BCUT2D eigenvalue weighted by atomic mass is 10.1. The molecule has 0 aromatic heterocycles. The molecule has 0 N–H and O–H groups in total. The number of halogens is 3. The van der Waals surface area contributed by atoms with E-state index in [4.69, 9.17) is 39.5 Å². The van der Waals surface area contributed by atoms with E-state index in [-0.39, 0.29) is 27.1 Å². The number of esters is 2. The topological polar surface area (TPSA) is 43.4 Å². The molecule has 0 aliphatic heterocycles. The van der Waals surface area contributed by atoms with Crippen LogP contribution < -0.4 is 0 Å². The molecule has 0 atom stereocenters. The number of carbonyl (C=O) groups excluding carboxylic acids is 2. The molecule has 0 heterocycles. The average molecular weight is 338 g/mol. The van der Waals surface area contributed by atoms with Crippen molar-refractivity contribution in [3.63, 3.8) is 0 Å². The summed E-state index contributed by atoms with van der Waals surface area (Å²) in [5, 5.41) is 0.420. The molecule has 1 aromatic carbocycles. The number of rotatable bonds is 6. The summed E-state index contributed by atoms with van der Waals surface area (Å²) in [4.78, 5) is 23.3. The first-order valence-corrected chi connectivity index (χ1v) is 7.48. The Bertz CT molecular complexity index is 501. The number of carbonyl (C=O) groups is 2. The minimum Gasteiger partial charge on any atom is -0.389 e. The Morgan fingerprint density at radius 1 is 1.10 bits per heavy atom. The van der Waals surface area contributed by atoms with Crippen molar-refractivity contribution in [3.05, 3.63) is 32.8 Å². The first-order valence-electron chi connectivity index (χ1n) is 6.35. The molecule has 6 heteroatoms. The van der Waals surface area contributed by atoms with E-state index in [0.29, 0.717) is 6.42 Å². The monoisotopic (exact) mass is 336 g/mol. The van der Waals surface area contributed by atoms with Crippen LogP contribution in [0.15, 0.2) is 12.1 Å². The number of benzene rings is 1. The molecule has 0 unspecified atom stereocenters. The number of hydrogen-bond donors (Lipinski definition) is 0. The Labute approximate surface area is 133 Å². The SMILES string of the molecule is CCCCCCC(=O)OC(=O)c1cc(Cl)cc(Cl)c1Cl. The van der Waals surface area contributed by atoms with Gasteiger partial charge in [-0.3, -0.25) is 4.79 Å². The van der Waals surface area contributed by atoms with E-state index in [9.17, 15) is 9.59 Å². The molecule has 1 rings (SSSR count). The maximum absolute atomic E-state index is 11.8. The third kappa shape index (κ3) is 5.31. The molecule has 1 aromatic rings. The van der Waals surface area contributed by atoms with Gasteiger partial charge < -0.3 is 4.74 Å². The van der Waals surface area contributed by atoms with Crippen LogP contribution in [0.1, 0.15) is 49.4 Å². The minimum absolute atomic E-state index is 0.00826. The van der Waals surface area contributed by atoms with Crippen LogP contribution in [0.5, 0.6) is 0 Å². The highest BCUT2D eigenvalue weighted by Crippen LogP contribution is 2.30. The summed E-state index contributed by atoms with van der Waals surface area (Å²) >= 11 is 17.5. The highest BCUT2D eigenvalue weighted by atomic mass is 35.5. The van der Waals surface area contributed by atoms with Gasteiger partial charge in [-0.15, -0.1) is 0 Å². The van der Waals surface area contributed by atoms with E-state index < -0.39 is 11.9 Å². The van der Waals surface area contributed by atoms with Gasteiger partial charge in [0.1, 0.15) is 0 Å². The van der Waals surface area contributed by atoms with Gasteiger partial charge in [0.25, 0.3) is 0 Å². The fraction of sp³-hybridized carbons (Fsp3) is 0.429. The minimum atomic E-state index is -0.833. The highest BCUT2D eigenvalue weighted by molar-refractivity contribution is 6.45. The van der Waals surface area contributed by atoms with Crippen LogP contribution in [0.25, 0.3) is 0 Å². The van der Waals surface area contributed by atoms with Crippen molar-refractivity contribution >= 4 is 46.7 Å². The van der Waals surface area contributed by atoms with E-state index in [1.54, 1.807) is 0 Å². The van der Waals surface area contributed by atoms with Gasteiger partial charge in [-0.2, -0.15) is 0 Å². The van der Waals surface area contributed by atoms with Gasteiger partial charge in [0, 0.05) is 11.4 Å². The molecule has 0 saturated carbocycles. The van der Waals surface area contributed by atoms with Gasteiger partial charge in [-0.05, 0) is 18.6 Å². The highest BCUT2D eigenvalue weighted by Gasteiger charge is 2.18. The van der Waals surface area contributed by atoms with E-state index in [0.717, 1.165) is 19.3 Å². The first-order chi connectivity index (χ1) is 9.45. The predicted octanol–water partition coefficient (Wildman–Crippen LogP) is 5.30. The van der Waals surface area contributed by atoms with Crippen LogP contribution in [-0.2, 0) is 9.53 Å². The summed E-state index contributed by atoms with van der Waals surface area (Å²) in [5.74, 6) is -1.40. The Kier molecular flexibility index (Phi) is 7.35. The smallest absolute Gasteiger partial charge is 0.347 e. The normalized spacial score (nSPS) is 10.4. The predicted molar refractivity (Wildman–Crippen MR) is 80.7 cm³/mol. The lowest BCUT2D eigenvalue weighted by Gasteiger charge is -2.06. The molecule has 3 nitrogen and oxygen atoms in total. The standard InChI is InChI=1S/C14H15Cl3O3/c1-2-3-4-5-6-12(18)20-14(19)10-7-9(15)8-11(16)13(10)17/h7-8H,2-6H2,1H3. The molecule has 20 heavy (non-hydrogen) atoms. The molecule has 0 fully saturated rings. The van der Waals surface area contributed by atoms with Crippen LogP contribution >= 0.6 is 34.8 Å². The van der Waals surface area contributed by atoms with Crippen molar-refractivity contribution in [2.75, 3.05) is 0 Å². The van der Waals surface area contributed by atoms with Crippen molar-refractivity contribution in [1.29, 1.82) is 0 Å². The second-order valence-electron chi connectivity index (χ2n) is 4.32. The summed E-state index contributed by atoms with van der Waals surface area (Å²) in [5.41, 5.74) is -0.00826. The van der Waals surface area contributed by atoms with Gasteiger partial charge in [0.15, 0.2) is 0 Å². The molecule has 0 amide bonds. The molecule has 0 aliphatic carbocycles. The zero-order chi connectivity index (χ0) is 15.1. The summed E-state index contributed by atoms with van der Waals surface area (Å²) in [6.45, 7) is 2.08. The quantitative estimate of drug-likeness (QED) is 0.306. The zero-order valence-corrected chi connectivity index (χ0v) is 13.3. The molecule has 0 saturated heterocycles. The fourth-order valence-corrected chi connectivity index (χ4v) is 2.29. The van der Waals surface area contributed by atoms with Crippen LogP contribution in [0.3, 0.4) is 0 Å². The third-order valence-corrected chi connectivity index (χ3v) is 3.67. The number of hydrogen-bond acceptors (Lipinski definition) is 3. The van der Waals surface area contributed by atoms with E-state index in [1.165, 1.54) is 12.1 Å². The summed E-state index contributed by atoms with van der Waals surface area (Å²) in [7, 11) is 0. The van der Waals surface area contributed by atoms with E-state index >= 15 is 0 Å². The van der Waals surface area contributed by atoms with Crippen molar-refractivity contribution in [2.45, 2.75) is 39.0 Å². The van der Waals surface area contributed by atoms with Gasteiger partial charge in [-0.25, -0.2) is 4.79 Å². The van der Waals surface area contributed by atoms with Gasteiger partial charge in [-0.1, -0.05) is 61.0 Å². The average Bonchev–Trinajstić information content (AvgIpc) is 2.38. The fourth-order valence-electron chi connectivity index (χ4n) is 1.61. The lowest BCUT2D eigenvalue weighted by Crippen LogP contribution is -2.13. The Morgan fingerprint density at radius 2 is 1.80 bits per heavy atom. The molecule has 0 aliphatic rings. The Hall–Kier alpha value is -0.770. The second kappa shape index (κ2) is 8.50. The molecule has 110 valence electrons. The van der Waals surface area contributed by atoms with E-state index in [2.05, 4.69) is 6.92 Å². The van der Waals surface area contributed by atoms with E-state index in [1.807, 2.05) is 0 Å². The van der Waals surface area contributed by atoms with Gasteiger partial charge in [0.2, 0.25) is 0 Å². The first kappa shape index (κ1) is 17.3. The Morgan fingerprint density at radius 3 is 2.45 bits per heavy atom. The maximum atomic E-state index is 11.8. The van der Waals surface area contributed by atoms with Crippen molar-refractivity contribution < 1.29 is 14.3 Å². The van der Waals surface area contributed by atoms with Crippen molar-refractivity contribution in [1.82, 2.24) is 0 Å². The van der Waals surface area contributed by atoms with Gasteiger partial charge in [0.05, 0.1) is 15.6 Å². The van der Waals surface area contributed by atoms with Crippen LogP contribution in [0.2, 0.25) is 15.1 Å². The number of ether oxygens (including phenoxy) is 1. The van der Waals surface area contributed by atoms with Gasteiger partial charge >= 0.3 is 11.9 Å². The third-order valence-electron chi connectivity index (χ3n) is 2.65. The van der Waals surface area contributed by atoms with Crippen LogP contribution in [-0.4, -0.2) is 11.9 Å². The van der Waals surface area contributed by atoms with Crippen LogP contribution in [0, 0.1) is 0 Å². The summed E-state index contributed by atoms with van der Waals surface area (Å²) < 4.78 is 4.73. The number of unbranched alkanes of at least 4 members (excludes halogenated alkanes) is 3. The molecule has 0 radical (unpaired) electrons. The molecule has 0 bridgehead atoms. The summed E-state index contributed by atoms with van der Waals surface area (Å²) in [6, 6.07) is 2.73. The molecular weight excluding hydrogens is 323 g/mol. The Balaban J connectivity index is 2.61. The molecular formula is C14H15Cl3O3. The zero-order valence-electron chi connectivity index (χ0n) is 11.0.